The number of carbonyl (C=O) groups is 2. The number of hydrogen-bond donors (Lipinski definition) is 1. The number of anilines is 1. The second kappa shape index (κ2) is 13.5. The summed E-state index contributed by atoms with van der Waals surface area (Å²) < 4.78 is 32.0. The molecule has 10 heteroatoms. The van der Waals surface area contributed by atoms with Crippen molar-refractivity contribution in [3.63, 3.8) is 0 Å². The number of ether oxygens (including phenoxy) is 1. The Hall–Kier alpha value is -3.56. The van der Waals surface area contributed by atoms with Crippen molar-refractivity contribution in [2.24, 2.45) is 0 Å². The van der Waals surface area contributed by atoms with Gasteiger partial charge in [0.25, 0.3) is 0 Å². The molecule has 0 saturated heterocycles. The highest BCUT2D eigenvalue weighted by Crippen LogP contribution is 2.24. The van der Waals surface area contributed by atoms with Crippen LogP contribution in [-0.2, 0) is 32.6 Å². The first-order chi connectivity index (χ1) is 18.5. The van der Waals surface area contributed by atoms with Gasteiger partial charge in [0.1, 0.15) is 18.3 Å². The molecule has 3 aromatic rings. The fraction of sp³-hybridized carbons (Fsp3) is 0.310. The van der Waals surface area contributed by atoms with Crippen molar-refractivity contribution in [1.82, 2.24) is 10.2 Å². The van der Waals surface area contributed by atoms with Crippen LogP contribution in [0.3, 0.4) is 0 Å². The molecule has 2 amide bonds. The third-order valence-electron chi connectivity index (χ3n) is 5.99. The first kappa shape index (κ1) is 30.0. The van der Waals surface area contributed by atoms with Gasteiger partial charge >= 0.3 is 0 Å². The van der Waals surface area contributed by atoms with Gasteiger partial charge in [0, 0.05) is 30.1 Å². The van der Waals surface area contributed by atoms with Gasteiger partial charge in [-0.1, -0.05) is 60.1 Å². The van der Waals surface area contributed by atoms with Crippen molar-refractivity contribution >= 4 is 39.1 Å². The van der Waals surface area contributed by atoms with E-state index in [1.54, 1.807) is 48.5 Å². The molecule has 3 rings (SSSR count). The number of nitrogens with one attached hydrogen (secondary N) is 1. The van der Waals surface area contributed by atoms with E-state index in [2.05, 4.69) is 5.32 Å². The van der Waals surface area contributed by atoms with Crippen molar-refractivity contribution in [2.45, 2.75) is 38.9 Å². The maximum absolute atomic E-state index is 14.0. The van der Waals surface area contributed by atoms with Crippen LogP contribution < -0.4 is 14.4 Å². The molecule has 0 radical (unpaired) electrons. The quantitative estimate of drug-likeness (QED) is 0.350. The van der Waals surface area contributed by atoms with E-state index in [1.165, 1.54) is 12.0 Å². The number of methoxy groups -OCH3 is 1. The minimum atomic E-state index is -3.86. The molecule has 0 bridgehead atoms. The van der Waals surface area contributed by atoms with Gasteiger partial charge in [0.15, 0.2) is 0 Å². The lowest BCUT2D eigenvalue weighted by Crippen LogP contribution is -2.54. The Morgan fingerprint density at radius 3 is 2.21 bits per heavy atom. The number of halogens is 1. The molecule has 1 N–H and O–H groups in total. The minimum absolute atomic E-state index is 0.0781. The number of sulfonamides is 1. The SMILES string of the molecule is COc1cccc(N(CC(=O)N(Cc2ccc(Cl)cc2)[C@H](Cc2ccccc2)C(=O)NC(C)C)S(C)(=O)=O)c1. The number of amides is 2. The van der Waals surface area contributed by atoms with Crippen LogP contribution in [0.1, 0.15) is 25.0 Å². The summed E-state index contributed by atoms with van der Waals surface area (Å²) in [6, 6.07) is 21.8. The van der Waals surface area contributed by atoms with Crippen LogP contribution in [0.2, 0.25) is 5.02 Å². The van der Waals surface area contributed by atoms with Crippen LogP contribution in [0, 0.1) is 0 Å². The smallest absolute Gasteiger partial charge is 0.244 e. The Labute approximate surface area is 235 Å². The van der Waals surface area contributed by atoms with Gasteiger partial charge in [-0.3, -0.25) is 13.9 Å². The van der Waals surface area contributed by atoms with Gasteiger partial charge in [-0.05, 0) is 49.2 Å². The lowest BCUT2D eigenvalue weighted by Gasteiger charge is -2.34. The van der Waals surface area contributed by atoms with Gasteiger partial charge in [-0.15, -0.1) is 0 Å². The number of hydrogen-bond acceptors (Lipinski definition) is 5. The largest absolute Gasteiger partial charge is 0.497 e. The molecule has 208 valence electrons. The summed E-state index contributed by atoms with van der Waals surface area (Å²) in [5, 5.41) is 3.46. The summed E-state index contributed by atoms with van der Waals surface area (Å²) in [7, 11) is -2.38. The van der Waals surface area contributed by atoms with E-state index in [9.17, 15) is 18.0 Å². The van der Waals surface area contributed by atoms with E-state index in [0.717, 1.165) is 21.7 Å². The lowest BCUT2D eigenvalue weighted by atomic mass is 10.0. The fourth-order valence-corrected chi connectivity index (χ4v) is 5.07. The highest BCUT2D eigenvalue weighted by atomic mass is 35.5. The van der Waals surface area contributed by atoms with Crippen molar-refractivity contribution in [3.8, 4) is 5.75 Å². The van der Waals surface area contributed by atoms with Gasteiger partial charge in [-0.25, -0.2) is 8.42 Å². The molecular formula is C29H34ClN3O5S. The first-order valence-electron chi connectivity index (χ1n) is 12.5. The zero-order chi connectivity index (χ0) is 28.6. The fourth-order valence-electron chi connectivity index (χ4n) is 4.10. The van der Waals surface area contributed by atoms with Gasteiger partial charge in [-0.2, -0.15) is 0 Å². The van der Waals surface area contributed by atoms with E-state index < -0.39 is 28.5 Å². The van der Waals surface area contributed by atoms with E-state index in [0.29, 0.717) is 10.8 Å². The molecule has 39 heavy (non-hydrogen) atoms. The van der Waals surface area contributed by atoms with Gasteiger partial charge < -0.3 is 15.0 Å². The van der Waals surface area contributed by atoms with E-state index >= 15 is 0 Å². The Bertz CT molecular complexity index is 1370. The van der Waals surface area contributed by atoms with Crippen molar-refractivity contribution in [3.05, 3.63) is 95.0 Å². The average molecular weight is 572 g/mol. The molecule has 0 aliphatic carbocycles. The highest BCUT2D eigenvalue weighted by Gasteiger charge is 2.33. The monoisotopic (exact) mass is 571 g/mol. The third kappa shape index (κ3) is 8.73. The zero-order valence-corrected chi connectivity index (χ0v) is 24.1. The molecule has 0 fully saturated rings. The van der Waals surface area contributed by atoms with Crippen LogP contribution in [0.15, 0.2) is 78.9 Å². The van der Waals surface area contributed by atoms with E-state index in [1.807, 2.05) is 44.2 Å². The number of benzene rings is 3. The molecule has 0 unspecified atom stereocenters. The summed E-state index contributed by atoms with van der Waals surface area (Å²) in [5.41, 5.74) is 1.89. The standard InChI is InChI=1S/C29H34ClN3O5S/c1-21(2)31-29(35)27(17-22-9-6-5-7-10-22)32(19-23-13-15-24(30)16-14-23)28(34)20-33(39(4,36)37)25-11-8-12-26(18-25)38-3/h5-16,18,21,27H,17,19-20H2,1-4H3,(H,31,35)/t27-/m1/s1. The summed E-state index contributed by atoms with van der Waals surface area (Å²) in [4.78, 5) is 29.0. The predicted octanol–water partition coefficient (Wildman–Crippen LogP) is 4.28. The lowest BCUT2D eigenvalue weighted by molar-refractivity contribution is -0.140. The summed E-state index contributed by atoms with van der Waals surface area (Å²) >= 11 is 6.07. The Kier molecular flexibility index (Phi) is 10.4. The maximum atomic E-state index is 14.0. The Morgan fingerprint density at radius 2 is 1.62 bits per heavy atom. The summed E-state index contributed by atoms with van der Waals surface area (Å²) in [6.07, 6.45) is 1.28. The van der Waals surface area contributed by atoms with E-state index in [-0.39, 0.29) is 30.6 Å². The van der Waals surface area contributed by atoms with Crippen LogP contribution >= 0.6 is 11.6 Å². The van der Waals surface area contributed by atoms with Gasteiger partial charge in [0.05, 0.1) is 19.1 Å². The van der Waals surface area contributed by atoms with Crippen LogP contribution in [0.25, 0.3) is 0 Å². The van der Waals surface area contributed by atoms with Crippen LogP contribution in [0.4, 0.5) is 5.69 Å². The number of nitrogens with zero attached hydrogens (tertiary/aromatic N) is 2. The van der Waals surface area contributed by atoms with Crippen molar-refractivity contribution in [1.29, 1.82) is 0 Å². The van der Waals surface area contributed by atoms with Gasteiger partial charge in [0.2, 0.25) is 21.8 Å². The van der Waals surface area contributed by atoms with Crippen molar-refractivity contribution in [2.75, 3.05) is 24.2 Å². The minimum Gasteiger partial charge on any atom is -0.497 e. The Balaban J connectivity index is 2.05. The topological polar surface area (TPSA) is 96.0 Å². The van der Waals surface area contributed by atoms with Crippen LogP contribution in [-0.4, -0.2) is 57.1 Å². The normalized spacial score (nSPS) is 12.1. The molecule has 8 nitrogen and oxygen atoms in total. The number of carbonyl (C=O) groups excluding carboxylic acids is 2. The molecule has 0 saturated carbocycles. The molecule has 1 atom stereocenters. The first-order valence-corrected chi connectivity index (χ1v) is 14.7. The average Bonchev–Trinajstić information content (AvgIpc) is 2.89. The highest BCUT2D eigenvalue weighted by molar-refractivity contribution is 7.92. The molecule has 0 spiro atoms. The second-order valence-electron chi connectivity index (χ2n) is 9.49. The van der Waals surface area contributed by atoms with Crippen molar-refractivity contribution < 1.29 is 22.7 Å². The maximum Gasteiger partial charge on any atom is 0.244 e. The molecule has 0 heterocycles. The second-order valence-corrected chi connectivity index (χ2v) is 11.8. The summed E-state index contributed by atoms with van der Waals surface area (Å²) in [6.45, 7) is 3.27. The molecular weight excluding hydrogens is 538 g/mol. The Morgan fingerprint density at radius 1 is 0.949 bits per heavy atom. The zero-order valence-electron chi connectivity index (χ0n) is 22.5. The summed E-state index contributed by atoms with van der Waals surface area (Å²) in [5.74, 6) is -0.411. The molecule has 3 aromatic carbocycles. The molecule has 0 aliphatic rings. The predicted molar refractivity (Wildman–Crippen MR) is 154 cm³/mol. The molecule has 0 aliphatic heterocycles. The number of rotatable bonds is 12. The van der Waals surface area contributed by atoms with Crippen LogP contribution in [0.5, 0.6) is 5.75 Å². The molecule has 0 aromatic heterocycles. The third-order valence-corrected chi connectivity index (χ3v) is 7.38. The van der Waals surface area contributed by atoms with E-state index in [4.69, 9.17) is 16.3 Å².